The van der Waals surface area contributed by atoms with Gasteiger partial charge in [-0.25, -0.2) is 10.2 Å². The fraction of sp³-hybridized carbons (Fsp3) is 0.308. The Morgan fingerprint density at radius 1 is 0.968 bits per heavy atom. The number of nitrogens with zero attached hydrogens (tertiary/aromatic N) is 1. The third-order valence-corrected chi connectivity index (χ3v) is 6.37. The lowest BCUT2D eigenvalue weighted by atomic mass is 9.78. The monoisotopic (exact) mass is 413 g/mol. The lowest BCUT2D eigenvalue weighted by molar-refractivity contribution is 0.0336. The molecule has 0 atom stereocenters. The van der Waals surface area contributed by atoms with Crippen LogP contribution in [0.25, 0.3) is 10.8 Å². The molecular weight excluding hydrogens is 386 g/mol. The molecule has 3 aromatic carbocycles. The number of urea groups is 1. The molecule has 158 valence electrons. The van der Waals surface area contributed by atoms with Gasteiger partial charge in [0.05, 0.1) is 5.71 Å². The van der Waals surface area contributed by atoms with Gasteiger partial charge >= 0.3 is 6.03 Å². The van der Waals surface area contributed by atoms with Crippen molar-refractivity contribution in [3.8, 4) is 5.75 Å². The average Bonchev–Trinajstić information content (AvgIpc) is 2.79. The van der Waals surface area contributed by atoms with E-state index >= 15 is 0 Å². The number of rotatable bonds is 2. The van der Waals surface area contributed by atoms with Gasteiger partial charge in [0.25, 0.3) is 0 Å². The van der Waals surface area contributed by atoms with Crippen molar-refractivity contribution < 1.29 is 9.53 Å². The van der Waals surface area contributed by atoms with Gasteiger partial charge in [0, 0.05) is 23.1 Å². The zero-order valence-corrected chi connectivity index (χ0v) is 17.8. The highest BCUT2D eigenvalue weighted by Gasteiger charge is 2.41. The number of hydrogen-bond donors (Lipinski definition) is 2. The van der Waals surface area contributed by atoms with Crippen LogP contribution in [0.3, 0.4) is 0 Å². The number of hydrogen-bond acceptors (Lipinski definition) is 3. The molecule has 1 fully saturated rings. The minimum atomic E-state index is -0.345. The Kier molecular flexibility index (Phi) is 5.10. The van der Waals surface area contributed by atoms with Crippen molar-refractivity contribution in [3.05, 3.63) is 71.8 Å². The fourth-order valence-corrected chi connectivity index (χ4v) is 4.72. The molecule has 0 radical (unpaired) electrons. The number of anilines is 1. The SMILES string of the molecule is Cc1ccc(NC(=O)N/N=C2\CC3(CCCCC3)Oc3c2ccc2ccccc32)cc1. The summed E-state index contributed by atoms with van der Waals surface area (Å²) < 4.78 is 6.71. The second-order valence-corrected chi connectivity index (χ2v) is 8.68. The molecule has 0 aromatic heterocycles. The smallest absolute Gasteiger partial charge is 0.339 e. The molecule has 2 N–H and O–H groups in total. The summed E-state index contributed by atoms with van der Waals surface area (Å²) in [5, 5.41) is 9.66. The van der Waals surface area contributed by atoms with E-state index in [4.69, 9.17) is 4.74 Å². The van der Waals surface area contributed by atoms with Crippen molar-refractivity contribution in [1.82, 2.24) is 5.43 Å². The first-order valence-corrected chi connectivity index (χ1v) is 11.0. The molecular formula is C26H27N3O2. The van der Waals surface area contributed by atoms with Gasteiger partial charge in [0.1, 0.15) is 11.4 Å². The molecule has 0 saturated heterocycles. The molecule has 2 aliphatic rings. The predicted octanol–water partition coefficient (Wildman–Crippen LogP) is 6.16. The molecule has 2 amide bonds. The van der Waals surface area contributed by atoms with E-state index in [0.29, 0.717) is 6.42 Å². The Bertz CT molecular complexity index is 1150. The minimum absolute atomic E-state index is 0.233. The molecule has 3 aromatic rings. The average molecular weight is 414 g/mol. The zero-order chi connectivity index (χ0) is 21.3. The molecule has 1 spiro atoms. The van der Waals surface area contributed by atoms with Gasteiger partial charge in [-0.15, -0.1) is 0 Å². The van der Waals surface area contributed by atoms with Crippen molar-refractivity contribution in [2.75, 3.05) is 5.32 Å². The van der Waals surface area contributed by atoms with Gasteiger partial charge in [-0.1, -0.05) is 54.4 Å². The van der Waals surface area contributed by atoms with E-state index in [1.54, 1.807) is 0 Å². The Labute approximate surface area is 182 Å². The standard InChI is InChI=1S/C26H27N3O2/c1-18-9-12-20(13-10-18)27-25(30)29-28-23-17-26(15-5-2-6-16-26)31-24-21-8-4-3-7-19(21)11-14-22(23)24/h3-4,7-14H,2,5-6,15-17H2,1H3,(H2,27,29,30)/b28-23+. The van der Waals surface area contributed by atoms with Crippen LogP contribution in [0, 0.1) is 6.92 Å². The quantitative estimate of drug-likeness (QED) is 0.494. The van der Waals surface area contributed by atoms with Gasteiger partial charge in [0.2, 0.25) is 0 Å². The summed E-state index contributed by atoms with van der Waals surface area (Å²) in [6.07, 6.45) is 6.32. The fourth-order valence-electron chi connectivity index (χ4n) is 4.72. The van der Waals surface area contributed by atoms with Crippen LogP contribution in [0.5, 0.6) is 5.75 Å². The van der Waals surface area contributed by atoms with Gasteiger partial charge < -0.3 is 10.1 Å². The van der Waals surface area contributed by atoms with Crippen LogP contribution in [-0.2, 0) is 0 Å². The number of amides is 2. The highest BCUT2D eigenvalue weighted by Crippen LogP contribution is 2.44. The Morgan fingerprint density at radius 3 is 2.55 bits per heavy atom. The summed E-state index contributed by atoms with van der Waals surface area (Å²) in [5.74, 6) is 0.894. The van der Waals surface area contributed by atoms with Gasteiger partial charge in [-0.05, 0) is 56.2 Å². The predicted molar refractivity (Wildman–Crippen MR) is 125 cm³/mol. The van der Waals surface area contributed by atoms with Gasteiger partial charge in [-0.2, -0.15) is 5.10 Å². The van der Waals surface area contributed by atoms with Crippen LogP contribution in [0.2, 0.25) is 0 Å². The highest BCUT2D eigenvalue weighted by molar-refractivity contribution is 6.09. The number of carbonyl (C=O) groups is 1. The molecule has 1 saturated carbocycles. The number of nitrogens with one attached hydrogen (secondary N) is 2. The van der Waals surface area contributed by atoms with Crippen LogP contribution in [-0.4, -0.2) is 17.3 Å². The van der Waals surface area contributed by atoms with E-state index in [0.717, 1.165) is 64.7 Å². The molecule has 5 rings (SSSR count). The van der Waals surface area contributed by atoms with Crippen molar-refractivity contribution in [2.24, 2.45) is 5.10 Å². The number of fused-ring (bicyclic) bond motifs is 3. The molecule has 0 bridgehead atoms. The Morgan fingerprint density at radius 2 is 1.74 bits per heavy atom. The summed E-state index contributed by atoms with van der Waals surface area (Å²) in [4.78, 5) is 12.5. The van der Waals surface area contributed by atoms with Crippen molar-refractivity contribution in [1.29, 1.82) is 0 Å². The Hall–Kier alpha value is -3.34. The van der Waals surface area contributed by atoms with Crippen LogP contribution < -0.4 is 15.5 Å². The summed E-state index contributed by atoms with van der Waals surface area (Å²) in [6, 6.07) is 19.8. The first-order valence-electron chi connectivity index (χ1n) is 11.0. The van der Waals surface area contributed by atoms with E-state index in [9.17, 15) is 4.79 Å². The largest absolute Gasteiger partial charge is 0.486 e. The van der Waals surface area contributed by atoms with E-state index in [1.807, 2.05) is 43.3 Å². The summed E-state index contributed by atoms with van der Waals surface area (Å²) in [6.45, 7) is 2.02. The molecule has 1 heterocycles. The normalized spacial score (nSPS) is 18.4. The van der Waals surface area contributed by atoms with Crippen molar-refractivity contribution in [2.45, 2.75) is 51.0 Å². The molecule has 1 aliphatic carbocycles. The Balaban J connectivity index is 1.46. The third kappa shape index (κ3) is 4.00. The number of benzene rings is 3. The lowest BCUT2D eigenvalue weighted by Gasteiger charge is -2.42. The minimum Gasteiger partial charge on any atom is -0.486 e. The lowest BCUT2D eigenvalue weighted by Crippen LogP contribution is -2.44. The zero-order valence-electron chi connectivity index (χ0n) is 17.8. The molecule has 31 heavy (non-hydrogen) atoms. The van der Waals surface area contributed by atoms with E-state index in [-0.39, 0.29) is 11.6 Å². The third-order valence-electron chi connectivity index (χ3n) is 6.37. The molecule has 1 aliphatic heterocycles. The summed E-state index contributed by atoms with van der Waals surface area (Å²) >= 11 is 0. The molecule has 0 unspecified atom stereocenters. The number of aryl methyl sites for hydroxylation is 1. The van der Waals surface area contributed by atoms with Crippen molar-refractivity contribution >= 4 is 28.2 Å². The maximum Gasteiger partial charge on any atom is 0.339 e. The van der Waals surface area contributed by atoms with E-state index < -0.39 is 0 Å². The van der Waals surface area contributed by atoms with Crippen LogP contribution in [0.1, 0.15) is 49.7 Å². The first kappa shape index (κ1) is 19.6. The van der Waals surface area contributed by atoms with Crippen molar-refractivity contribution in [3.63, 3.8) is 0 Å². The second-order valence-electron chi connectivity index (χ2n) is 8.68. The van der Waals surface area contributed by atoms with Crippen LogP contribution in [0.4, 0.5) is 10.5 Å². The number of hydrazone groups is 1. The second kappa shape index (κ2) is 8.06. The topological polar surface area (TPSA) is 62.7 Å². The maximum absolute atomic E-state index is 12.5. The highest BCUT2D eigenvalue weighted by atomic mass is 16.5. The number of carbonyl (C=O) groups excluding carboxylic acids is 1. The van der Waals surface area contributed by atoms with Gasteiger partial charge in [-0.3, -0.25) is 0 Å². The molecule has 5 nitrogen and oxygen atoms in total. The molecule has 5 heteroatoms. The maximum atomic E-state index is 12.5. The first-order chi connectivity index (χ1) is 15.1. The van der Waals surface area contributed by atoms with Gasteiger partial charge in [0.15, 0.2) is 0 Å². The summed E-state index contributed by atoms with van der Waals surface area (Å²) in [7, 11) is 0. The van der Waals surface area contributed by atoms with E-state index in [2.05, 4.69) is 40.1 Å². The van der Waals surface area contributed by atoms with Crippen LogP contribution >= 0.6 is 0 Å². The number of ether oxygens (including phenoxy) is 1. The summed E-state index contributed by atoms with van der Waals surface area (Å²) in [5.41, 5.74) is 6.21. The van der Waals surface area contributed by atoms with Crippen LogP contribution in [0.15, 0.2) is 65.8 Å². The van der Waals surface area contributed by atoms with E-state index in [1.165, 1.54) is 6.42 Å².